The maximum absolute atomic E-state index is 13.6. The van der Waals surface area contributed by atoms with Crippen LogP contribution in [-0.4, -0.2) is 83.0 Å². The molecule has 2 aromatic carbocycles. The Hall–Kier alpha value is -5.52. The van der Waals surface area contributed by atoms with Crippen LogP contribution < -0.4 is 43.8 Å². The van der Waals surface area contributed by atoms with Gasteiger partial charge in [-0.1, -0.05) is 52.0 Å². The minimum absolute atomic E-state index is 0.00235. The number of hydrogen-bond donors (Lipinski definition) is 9. The van der Waals surface area contributed by atoms with Crippen LogP contribution in [0, 0.1) is 22.0 Å². The number of carbonyl (C=O) groups is 5. The second-order valence-electron chi connectivity index (χ2n) is 12.6. The van der Waals surface area contributed by atoms with E-state index in [4.69, 9.17) is 17.2 Å². The molecular formula is C32H48N10O8. The molecule has 18 heteroatoms. The predicted molar refractivity (Wildman–Crippen MR) is 186 cm³/mol. The number of guanidine groups is 1. The number of hydrazone groups is 1. The SMILES string of the molecule is CC(C)C[C@H](NC(=O)[C@H](CCCN/C(N)=N/[N+](=O)[O-])NC(=O)[C@H](CC(C)C)NC(=O)[C@H](CO)NC(=O)c1cc(N)cc2ccccc12)C(N)=O. The molecule has 12 N–H and O–H groups in total. The van der Waals surface area contributed by atoms with Crippen molar-refractivity contribution in [3.8, 4) is 0 Å². The van der Waals surface area contributed by atoms with Gasteiger partial charge in [0.2, 0.25) is 23.6 Å². The summed E-state index contributed by atoms with van der Waals surface area (Å²) in [5.74, 6) is -4.36. The van der Waals surface area contributed by atoms with Gasteiger partial charge in [0, 0.05) is 17.8 Å². The summed E-state index contributed by atoms with van der Waals surface area (Å²) in [6.07, 6.45) is 0.499. The van der Waals surface area contributed by atoms with Crippen LogP contribution in [0.15, 0.2) is 41.5 Å². The van der Waals surface area contributed by atoms with E-state index < -0.39 is 71.3 Å². The van der Waals surface area contributed by atoms with E-state index in [9.17, 15) is 39.2 Å². The molecule has 4 atom stereocenters. The Labute approximate surface area is 289 Å². The maximum Gasteiger partial charge on any atom is 0.266 e. The standard InChI is InChI=1S/C32H48N10O8/c1-17(2)12-24(27(34)44)38-29(46)23(10-7-11-36-32(35)41-42(49)50)37-30(47)25(13-18(3)4)39-31(48)26(16-43)40-28(45)22-15-20(33)14-19-8-5-6-9-21(19)22/h5-6,8-9,14-15,17-18,23-26,43H,7,10-13,16,33H2,1-4H3,(H2,34,44)(H,37,47)(H,38,46)(H,39,48)(H,40,45)(H3,35,36,41)/t23-,24-,25-,26-/m0/s1. The second kappa shape index (κ2) is 19.5. The van der Waals surface area contributed by atoms with Gasteiger partial charge in [-0.3, -0.25) is 24.0 Å². The average Bonchev–Trinajstić information content (AvgIpc) is 3.02. The lowest BCUT2D eigenvalue weighted by molar-refractivity contribution is -0.485. The normalized spacial score (nSPS) is 13.9. The maximum atomic E-state index is 13.6. The lowest BCUT2D eigenvalue weighted by Gasteiger charge is -2.27. The number of nitrogens with one attached hydrogen (secondary N) is 5. The van der Waals surface area contributed by atoms with Crippen LogP contribution in [0.2, 0.25) is 0 Å². The quantitative estimate of drug-likeness (QED) is 0.0223. The van der Waals surface area contributed by atoms with Gasteiger partial charge in [0.25, 0.3) is 11.9 Å². The Bertz CT molecular complexity index is 1560. The first-order chi connectivity index (χ1) is 23.5. The lowest BCUT2D eigenvalue weighted by atomic mass is 10.0. The molecule has 0 aliphatic rings. The van der Waals surface area contributed by atoms with Crippen molar-refractivity contribution in [2.75, 3.05) is 18.9 Å². The van der Waals surface area contributed by atoms with Crippen molar-refractivity contribution < 1.29 is 34.1 Å². The van der Waals surface area contributed by atoms with Crippen LogP contribution in [0.1, 0.15) is 63.7 Å². The Morgan fingerprint density at radius 3 is 2.00 bits per heavy atom. The molecule has 0 radical (unpaired) electrons. The molecular weight excluding hydrogens is 652 g/mol. The van der Waals surface area contributed by atoms with E-state index in [1.165, 1.54) is 6.07 Å². The summed E-state index contributed by atoms with van der Waals surface area (Å²) in [5.41, 5.74) is 17.4. The van der Waals surface area contributed by atoms with Crippen LogP contribution in [0.5, 0.6) is 0 Å². The number of aliphatic hydroxyl groups is 1. The van der Waals surface area contributed by atoms with Crippen molar-refractivity contribution in [2.45, 2.75) is 77.5 Å². The van der Waals surface area contributed by atoms with E-state index in [1.54, 1.807) is 44.2 Å². The Balaban J connectivity index is 2.25. The zero-order chi connectivity index (χ0) is 37.5. The fourth-order valence-electron chi connectivity index (χ4n) is 5.10. The highest BCUT2D eigenvalue weighted by Crippen LogP contribution is 2.22. The molecule has 0 fully saturated rings. The molecule has 0 aliphatic carbocycles. The topological polar surface area (TPSA) is 299 Å². The Morgan fingerprint density at radius 2 is 1.40 bits per heavy atom. The Kier molecular flexibility index (Phi) is 15.8. The molecule has 2 rings (SSSR count). The number of nitrogens with zero attached hydrogens (tertiary/aromatic N) is 2. The van der Waals surface area contributed by atoms with Gasteiger partial charge in [0.1, 0.15) is 29.3 Å². The number of aliphatic hydroxyl groups excluding tert-OH is 1. The first-order valence-electron chi connectivity index (χ1n) is 16.1. The minimum atomic E-state index is -1.45. The van der Waals surface area contributed by atoms with Crippen LogP contribution >= 0.6 is 0 Å². The summed E-state index contributed by atoms with van der Waals surface area (Å²) >= 11 is 0. The summed E-state index contributed by atoms with van der Waals surface area (Å²) in [6, 6.07) is 5.24. The highest BCUT2D eigenvalue weighted by atomic mass is 16.7. The van der Waals surface area contributed by atoms with Crippen LogP contribution in [-0.2, 0) is 19.2 Å². The molecule has 0 spiro atoms. The molecule has 274 valence electrons. The molecule has 2 aromatic rings. The van der Waals surface area contributed by atoms with Crippen molar-refractivity contribution in [1.29, 1.82) is 0 Å². The molecule has 50 heavy (non-hydrogen) atoms. The number of nitrogen functional groups attached to an aromatic ring is 1. The number of hydrogen-bond acceptors (Lipinski definition) is 9. The molecule has 0 unspecified atom stereocenters. The number of rotatable bonds is 19. The zero-order valence-electron chi connectivity index (χ0n) is 28.6. The largest absolute Gasteiger partial charge is 0.399 e. The van der Waals surface area contributed by atoms with Gasteiger partial charge < -0.3 is 48.9 Å². The molecule has 0 heterocycles. The number of anilines is 1. The van der Waals surface area contributed by atoms with E-state index in [1.807, 2.05) is 13.8 Å². The molecule has 18 nitrogen and oxygen atoms in total. The molecule has 0 aromatic heterocycles. The van der Waals surface area contributed by atoms with E-state index in [0.29, 0.717) is 16.5 Å². The van der Waals surface area contributed by atoms with Gasteiger partial charge in [-0.05, 0) is 60.4 Å². The smallest absolute Gasteiger partial charge is 0.266 e. The number of benzene rings is 2. The third-order valence-corrected chi connectivity index (χ3v) is 7.44. The first-order valence-corrected chi connectivity index (χ1v) is 16.1. The van der Waals surface area contributed by atoms with Gasteiger partial charge >= 0.3 is 0 Å². The van der Waals surface area contributed by atoms with Crippen molar-refractivity contribution in [2.24, 2.45) is 28.4 Å². The minimum Gasteiger partial charge on any atom is -0.399 e. The summed E-state index contributed by atoms with van der Waals surface area (Å²) in [7, 11) is 0. The molecule has 0 aliphatic heterocycles. The van der Waals surface area contributed by atoms with Crippen LogP contribution in [0.4, 0.5) is 5.69 Å². The number of primary amides is 1. The van der Waals surface area contributed by atoms with Crippen molar-refractivity contribution in [3.05, 3.63) is 52.1 Å². The lowest BCUT2D eigenvalue weighted by Crippen LogP contribution is -2.58. The second-order valence-corrected chi connectivity index (χ2v) is 12.6. The van der Waals surface area contributed by atoms with Crippen LogP contribution in [0.25, 0.3) is 10.8 Å². The molecule has 5 amide bonds. The van der Waals surface area contributed by atoms with E-state index in [0.717, 1.165) is 0 Å². The zero-order valence-corrected chi connectivity index (χ0v) is 28.6. The number of fused-ring (bicyclic) bond motifs is 1. The summed E-state index contributed by atoms with van der Waals surface area (Å²) in [4.78, 5) is 76.2. The molecule has 0 bridgehead atoms. The number of carbonyl (C=O) groups excluding carboxylic acids is 5. The summed E-state index contributed by atoms with van der Waals surface area (Å²) in [5, 5.41) is 36.6. The monoisotopic (exact) mass is 700 g/mol. The number of nitrogens with two attached hydrogens (primary N) is 3. The molecule has 0 saturated carbocycles. The van der Waals surface area contributed by atoms with Gasteiger partial charge in [-0.25, -0.2) is 10.1 Å². The summed E-state index contributed by atoms with van der Waals surface area (Å²) in [6.45, 7) is 6.53. The van der Waals surface area contributed by atoms with E-state index in [-0.39, 0.29) is 49.6 Å². The average molecular weight is 701 g/mol. The summed E-state index contributed by atoms with van der Waals surface area (Å²) < 4.78 is 0. The highest BCUT2D eigenvalue weighted by molar-refractivity contribution is 6.09. The van der Waals surface area contributed by atoms with E-state index >= 15 is 0 Å². The fraction of sp³-hybridized carbons (Fsp3) is 0.500. The first kappa shape index (κ1) is 40.7. The number of nitro groups is 1. The van der Waals surface area contributed by atoms with Gasteiger partial charge in [0.15, 0.2) is 5.03 Å². The third kappa shape index (κ3) is 13.2. The molecule has 0 saturated heterocycles. The van der Waals surface area contributed by atoms with Crippen molar-refractivity contribution in [3.63, 3.8) is 0 Å². The van der Waals surface area contributed by atoms with E-state index in [2.05, 4.69) is 31.7 Å². The van der Waals surface area contributed by atoms with Crippen molar-refractivity contribution in [1.82, 2.24) is 26.6 Å². The van der Waals surface area contributed by atoms with Crippen molar-refractivity contribution >= 4 is 52.0 Å². The van der Waals surface area contributed by atoms with Gasteiger partial charge in [-0.15, -0.1) is 0 Å². The van der Waals surface area contributed by atoms with Crippen LogP contribution in [0.3, 0.4) is 0 Å². The van der Waals surface area contributed by atoms with Gasteiger partial charge in [0.05, 0.1) is 6.61 Å². The number of amides is 5. The Morgan fingerprint density at radius 1 is 0.840 bits per heavy atom. The third-order valence-electron chi connectivity index (χ3n) is 7.44. The fourth-order valence-corrected chi connectivity index (χ4v) is 5.10. The van der Waals surface area contributed by atoms with Gasteiger partial charge in [-0.2, -0.15) is 0 Å². The highest BCUT2D eigenvalue weighted by Gasteiger charge is 2.31. The predicted octanol–water partition coefficient (Wildman–Crippen LogP) is -0.579.